The standard InChI is InChI=1S/C17H15N3/c1-20-11-18-10-13(20)8-12-6-7-15-14-4-2-3-5-16(14)19-17(15)9-12/h2-7,9-11,19H,8H2,1H3. The van der Waals surface area contributed by atoms with Gasteiger partial charge in [0.15, 0.2) is 0 Å². The molecule has 0 spiro atoms. The molecule has 2 heterocycles. The third kappa shape index (κ3) is 1.71. The Morgan fingerprint density at radius 3 is 2.75 bits per heavy atom. The van der Waals surface area contributed by atoms with Crippen LogP contribution in [0.3, 0.4) is 0 Å². The molecule has 0 bridgehead atoms. The number of fused-ring (bicyclic) bond motifs is 3. The molecule has 0 aliphatic carbocycles. The van der Waals surface area contributed by atoms with E-state index in [0.717, 1.165) is 6.42 Å². The van der Waals surface area contributed by atoms with Gasteiger partial charge >= 0.3 is 0 Å². The first-order valence-electron chi connectivity index (χ1n) is 6.76. The molecular formula is C17H15N3. The number of H-pyrrole nitrogens is 1. The van der Waals surface area contributed by atoms with Gasteiger partial charge < -0.3 is 9.55 Å². The van der Waals surface area contributed by atoms with Crippen molar-refractivity contribution in [2.24, 2.45) is 7.05 Å². The molecular weight excluding hydrogens is 246 g/mol. The number of nitrogens with zero attached hydrogens (tertiary/aromatic N) is 2. The van der Waals surface area contributed by atoms with Gasteiger partial charge in [0.25, 0.3) is 0 Å². The fraction of sp³-hybridized carbons (Fsp3) is 0.118. The summed E-state index contributed by atoms with van der Waals surface area (Å²) in [5, 5.41) is 2.57. The van der Waals surface area contributed by atoms with Crippen LogP contribution in [0, 0.1) is 0 Å². The molecule has 4 aromatic rings. The number of aryl methyl sites for hydroxylation is 1. The van der Waals surface area contributed by atoms with E-state index in [2.05, 4.69) is 57.0 Å². The summed E-state index contributed by atoms with van der Waals surface area (Å²) in [4.78, 5) is 7.66. The van der Waals surface area contributed by atoms with E-state index in [1.54, 1.807) is 0 Å². The van der Waals surface area contributed by atoms with Crippen molar-refractivity contribution < 1.29 is 0 Å². The molecule has 0 fully saturated rings. The fourth-order valence-electron chi connectivity index (χ4n) is 2.78. The first kappa shape index (κ1) is 11.3. The van der Waals surface area contributed by atoms with Gasteiger partial charge in [-0.3, -0.25) is 0 Å². The van der Waals surface area contributed by atoms with Crippen molar-refractivity contribution in [1.29, 1.82) is 0 Å². The highest BCUT2D eigenvalue weighted by Gasteiger charge is 2.06. The van der Waals surface area contributed by atoms with E-state index in [1.165, 1.54) is 33.1 Å². The Hall–Kier alpha value is -2.55. The summed E-state index contributed by atoms with van der Waals surface area (Å²) in [6.45, 7) is 0. The van der Waals surface area contributed by atoms with Gasteiger partial charge in [-0.1, -0.05) is 30.3 Å². The molecule has 0 amide bonds. The molecule has 0 saturated carbocycles. The van der Waals surface area contributed by atoms with Crippen LogP contribution in [0.5, 0.6) is 0 Å². The van der Waals surface area contributed by atoms with Gasteiger partial charge in [0.05, 0.1) is 6.33 Å². The van der Waals surface area contributed by atoms with Gasteiger partial charge in [0, 0.05) is 47.2 Å². The van der Waals surface area contributed by atoms with Crippen LogP contribution in [-0.2, 0) is 13.5 Å². The number of imidazole rings is 1. The van der Waals surface area contributed by atoms with Crippen molar-refractivity contribution in [2.45, 2.75) is 6.42 Å². The number of hydrogen-bond acceptors (Lipinski definition) is 1. The van der Waals surface area contributed by atoms with E-state index in [1.807, 2.05) is 19.6 Å². The predicted molar refractivity (Wildman–Crippen MR) is 81.8 cm³/mol. The largest absolute Gasteiger partial charge is 0.355 e. The minimum Gasteiger partial charge on any atom is -0.355 e. The summed E-state index contributed by atoms with van der Waals surface area (Å²) < 4.78 is 2.06. The summed E-state index contributed by atoms with van der Waals surface area (Å²) in [5.74, 6) is 0. The van der Waals surface area contributed by atoms with Gasteiger partial charge in [-0.05, 0) is 17.7 Å². The number of nitrogens with one attached hydrogen (secondary N) is 1. The summed E-state index contributed by atoms with van der Waals surface area (Å²) >= 11 is 0. The van der Waals surface area contributed by atoms with Crippen molar-refractivity contribution in [3.63, 3.8) is 0 Å². The fourth-order valence-corrected chi connectivity index (χ4v) is 2.78. The van der Waals surface area contributed by atoms with Gasteiger partial charge in [-0.2, -0.15) is 0 Å². The van der Waals surface area contributed by atoms with E-state index >= 15 is 0 Å². The Labute approximate surface area is 116 Å². The van der Waals surface area contributed by atoms with Crippen LogP contribution in [0.4, 0.5) is 0 Å². The molecule has 4 rings (SSSR count). The zero-order valence-corrected chi connectivity index (χ0v) is 11.3. The van der Waals surface area contributed by atoms with E-state index in [9.17, 15) is 0 Å². The molecule has 0 saturated heterocycles. The number of para-hydroxylation sites is 1. The Bertz CT molecular complexity index is 899. The zero-order chi connectivity index (χ0) is 13.5. The van der Waals surface area contributed by atoms with Crippen LogP contribution < -0.4 is 0 Å². The van der Waals surface area contributed by atoms with Crippen molar-refractivity contribution in [3.8, 4) is 0 Å². The third-order valence-corrected chi connectivity index (χ3v) is 3.87. The Balaban J connectivity index is 1.82. The van der Waals surface area contributed by atoms with Crippen LogP contribution in [0.25, 0.3) is 21.8 Å². The molecule has 98 valence electrons. The first-order chi connectivity index (χ1) is 9.81. The maximum Gasteiger partial charge on any atom is 0.0945 e. The molecule has 0 aliphatic rings. The molecule has 1 N–H and O–H groups in total. The van der Waals surface area contributed by atoms with Crippen molar-refractivity contribution in [3.05, 3.63) is 66.2 Å². The summed E-state index contributed by atoms with van der Waals surface area (Å²) in [7, 11) is 2.03. The number of aromatic amines is 1. The van der Waals surface area contributed by atoms with E-state index in [0.29, 0.717) is 0 Å². The molecule has 0 aliphatic heterocycles. The van der Waals surface area contributed by atoms with Gasteiger partial charge in [0.1, 0.15) is 0 Å². The predicted octanol–water partition coefficient (Wildman–Crippen LogP) is 3.65. The second kappa shape index (κ2) is 4.23. The normalized spacial score (nSPS) is 11.4. The maximum atomic E-state index is 4.17. The lowest BCUT2D eigenvalue weighted by Gasteiger charge is -2.03. The molecule has 0 atom stereocenters. The second-order valence-corrected chi connectivity index (χ2v) is 5.22. The molecule has 3 heteroatoms. The second-order valence-electron chi connectivity index (χ2n) is 5.22. The monoisotopic (exact) mass is 261 g/mol. The SMILES string of the molecule is Cn1cncc1Cc1ccc2c(c1)[nH]c1ccccc12. The molecule has 2 aromatic heterocycles. The Kier molecular flexibility index (Phi) is 2.39. The van der Waals surface area contributed by atoms with Crippen LogP contribution >= 0.6 is 0 Å². The smallest absolute Gasteiger partial charge is 0.0945 e. The van der Waals surface area contributed by atoms with Crippen molar-refractivity contribution >= 4 is 21.8 Å². The van der Waals surface area contributed by atoms with Crippen LogP contribution in [0.15, 0.2) is 55.0 Å². The molecule has 0 radical (unpaired) electrons. The maximum absolute atomic E-state index is 4.17. The average molecular weight is 261 g/mol. The molecule has 20 heavy (non-hydrogen) atoms. The third-order valence-electron chi connectivity index (χ3n) is 3.87. The lowest BCUT2D eigenvalue weighted by Crippen LogP contribution is -1.96. The molecule has 3 nitrogen and oxygen atoms in total. The van der Waals surface area contributed by atoms with Crippen molar-refractivity contribution in [2.75, 3.05) is 0 Å². The van der Waals surface area contributed by atoms with Crippen molar-refractivity contribution in [1.82, 2.24) is 14.5 Å². The van der Waals surface area contributed by atoms with E-state index < -0.39 is 0 Å². The lowest BCUT2D eigenvalue weighted by atomic mass is 10.1. The summed E-state index contributed by atoms with van der Waals surface area (Å²) in [6, 6.07) is 15.1. The summed E-state index contributed by atoms with van der Waals surface area (Å²) in [6.07, 6.45) is 4.67. The topological polar surface area (TPSA) is 33.6 Å². The highest BCUT2D eigenvalue weighted by Crippen LogP contribution is 2.26. The van der Waals surface area contributed by atoms with Crippen LogP contribution in [-0.4, -0.2) is 14.5 Å². The first-order valence-corrected chi connectivity index (χ1v) is 6.76. The zero-order valence-electron chi connectivity index (χ0n) is 11.3. The highest BCUT2D eigenvalue weighted by molar-refractivity contribution is 6.07. The average Bonchev–Trinajstić information content (AvgIpc) is 3.02. The summed E-state index contributed by atoms with van der Waals surface area (Å²) in [5.41, 5.74) is 4.92. The van der Waals surface area contributed by atoms with Crippen LogP contribution in [0.1, 0.15) is 11.3 Å². The molecule has 0 unspecified atom stereocenters. The minimum atomic E-state index is 0.905. The van der Waals surface area contributed by atoms with Gasteiger partial charge in [0.2, 0.25) is 0 Å². The van der Waals surface area contributed by atoms with Gasteiger partial charge in [-0.15, -0.1) is 0 Å². The highest BCUT2D eigenvalue weighted by atomic mass is 15.0. The van der Waals surface area contributed by atoms with E-state index in [-0.39, 0.29) is 0 Å². The Morgan fingerprint density at radius 1 is 1.05 bits per heavy atom. The number of rotatable bonds is 2. The number of aromatic nitrogens is 3. The lowest BCUT2D eigenvalue weighted by molar-refractivity contribution is 0.845. The minimum absolute atomic E-state index is 0.905. The Morgan fingerprint density at radius 2 is 1.90 bits per heavy atom. The number of benzene rings is 2. The molecule has 2 aromatic carbocycles. The van der Waals surface area contributed by atoms with E-state index in [4.69, 9.17) is 0 Å². The van der Waals surface area contributed by atoms with Crippen LogP contribution in [0.2, 0.25) is 0 Å². The quantitative estimate of drug-likeness (QED) is 0.587. The van der Waals surface area contributed by atoms with Gasteiger partial charge in [-0.25, -0.2) is 4.98 Å². The number of hydrogen-bond donors (Lipinski definition) is 1.